The van der Waals surface area contributed by atoms with Gasteiger partial charge < -0.3 is 0 Å². The maximum atomic E-state index is 11.1. The van der Waals surface area contributed by atoms with Crippen LogP contribution >= 0.6 is 15.9 Å². The van der Waals surface area contributed by atoms with E-state index in [1.54, 1.807) is 0 Å². The number of benzene rings is 1. The van der Waals surface area contributed by atoms with Gasteiger partial charge in [-0.3, -0.25) is 15.1 Å². The SMILES string of the molecule is CC(CCC(=O)NN)N(C)Cc1ccc(Br)cc1. The Bertz CT molecular complexity index is 380. The average Bonchev–Trinajstić information content (AvgIpc) is 2.38. The van der Waals surface area contributed by atoms with E-state index in [1.165, 1.54) is 5.56 Å². The van der Waals surface area contributed by atoms with Crippen molar-refractivity contribution in [2.45, 2.75) is 32.4 Å². The second-order valence-corrected chi connectivity index (χ2v) is 5.41. The zero-order valence-electron chi connectivity index (χ0n) is 10.8. The average molecular weight is 314 g/mol. The summed E-state index contributed by atoms with van der Waals surface area (Å²) in [5.74, 6) is 4.94. The molecule has 0 saturated carbocycles. The van der Waals surface area contributed by atoms with Gasteiger partial charge in [-0.1, -0.05) is 28.1 Å². The van der Waals surface area contributed by atoms with E-state index in [1.807, 2.05) is 12.1 Å². The molecule has 100 valence electrons. The van der Waals surface area contributed by atoms with Crippen LogP contribution in [0, 0.1) is 0 Å². The van der Waals surface area contributed by atoms with Gasteiger partial charge in [-0.25, -0.2) is 5.84 Å². The number of rotatable bonds is 6. The first-order valence-corrected chi connectivity index (χ1v) is 6.76. The minimum Gasteiger partial charge on any atom is -0.299 e. The van der Waals surface area contributed by atoms with Crippen LogP contribution < -0.4 is 11.3 Å². The summed E-state index contributed by atoms with van der Waals surface area (Å²) in [4.78, 5) is 13.3. The molecule has 0 fully saturated rings. The van der Waals surface area contributed by atoms with Crippen molar-refractivity contribution in [2.24, 2.45) is 5.84 Å². The molecule has 1 aromatic rings. The molecule has 1 atom stereocenters. The van der Waals surface area contributed by atoms with Crippen LogP contribution in [0.4, 0.5) is 0 Å². The first-order valence-electron chi connectivity index (χ1n) is 5.97. The monoisotopic (exact) mass is 313 g/mol. The highest BCUT2D eigenvalue weighted by molar-refractivity contribution is 9.10. The van der Waals surface area contributed by atoms with Gasteiger partial charge in [0.1, 0.15) is 0 Å². The first kappa shape index (κ1) is 15.1. The van der Waals surface area contributed by atoms with Gasteiger partial charge >= 0.3 is 0 Å². The molecular formula is C13H20BrN3O. The lowest BCUT2D eigenvalue weighted by atomic mass is 10.1. The summed E-state index contributed by atoms with van der Waals surface area (Å²) in [6.07, 6.45) is 1.26. The van der Waals surface area contributed by atoms with Gasteiger partial charge in [-0.2, -0.15) is 0 Å². The maximum Gasteiger partial charge on any atom is 0.233 e. The molecule has 1 aromatic carbocycles. The summed E-state index contributed by atoms with van der Waals surface area (Å²) < 4.78 is 1.08. The largest absolute Gasteiger partial charge is 0.299 e. The number of hydrazine groups is 1. The highest BCUT2D eigenvalue weighted by atomic mass is 79.9. The Kier molecular flexibility index (Phi) is 6.32. The molecule has 0 saturated heterocycles. The van der Waals surface area contributed by atoms with Gasteiger partial charge in [0.15, 0.2) is 0 Å². The van der Waals surface area contributed by atoms with Gasteiger partial charge in [0.25, 0.3) is 0 Å². The second-order valence-electron chi connectivity index (χ2n) is 4.50. The van der Waals surface area contributed by atoms with Crippen LogP contribution in [0.1, 0.15) is 25.3 Å². The molecule has 1 unspecified atom stereocenters. The van der Waals surface area contributed by atoms with E-state index in [-0.39, 0.29) is 5.91 Å². The molecular weight excluding hydrogens is 294 g/mol. The lowest BCUT2D eigenvalue weighted by Gasteiger charge is -2.24. The van der Waals surface area contributed by atoms with E-state index in [4.69, 9.17) is 5.84 Å². The zero-order chi connectivity index (χ0) is 13.5. The van der Waals surface area contributed by atoms with Crippen molar-refractivity contribution in [3.8, 4) is 0 Å². The van der Waals surface area contributed by atoms with E-state index in [2.05, 4.69) is 52.4 Å². The van der Waals surface area contributed by atoms with E-state index in [0.717, 1.165) is 17.4 Å². The number of nitrogens with zero attached hydrogens (tertiary/aromatic N) is 1. The summed E-state index contributed by atoms with van der Waals surface area (Å²) >= 11 is 3.42. The van der Waals surface area contributed by atoms with Gasteiger partial charge in [0.2, 0.25) is 5.91 Å². The number of hydrogen-bond donors (Lipinski definition) is 2. The van der Waals surface area contributed by atoms with Crippen LogP contribution in [-0.4, -0.2) is 23.9 Å². The van der Waals surface area contributed by atoms with Crippen LogP contribution in [-0.2, 0) is 11.3 Å². The number of nitrogens with one attached hydrogen (secondary N) is 1. The molecule has 3 N–H and O–H groups in total. The van der Waals surface area contributed by atoms with E-state index in [0.29, 0.717) is 12.5 Å². The molecule has 0 aromatic heterocycles. The Morgan fingerprint density at radius 3 is 2.61 bits per heavy atom. The highest BCUT2D eigenvalue weighted by Gasteiger charge is 2.11. The van der Waals surface area contributed by atoms with Gasteiger partial charge in [0.05, 0.1) is 0 Å². The summed E-state index contributed by atoms with van der Waals surface area (Å²) in [7, 11) is 2.06. The van der Waals surface area contributed by atoms with Crippen molar-refractivity contribution in [3.63, 3.8) is 0 Å². The molecule has 1 rings (SSSR count). The van der Waals surface area contributed by atoms with Crippen molar-refractivity contribution < 1.29 is 4.79 Å². The predicted octanol–water partition coefficient (Wildman–Crippen LogP) is 2.04. The number of hydrogen-bond acceptors (Lipinski definition) is 3. The zero-order valence-corrected chi connectivity index (χ0v) is 12.4. The lowest BCUT2D eigenvalue weighted by Crippen LogP contribution is -2.33. The van der Waals surface area contributed by atoms with Crippen molar-refractivity contribution in [1.82, 2.24) is 10.3 Å². The minimum absolute atomic E-state index is 0.112. The summed E-state index contributed by atoms with van der Waals surface area (Å²) in [6.45, 7) is 2.99. The predicted molar refractivity (Wildman–Crippen MR) is 76.6 cm³/mol. The van der Waals surface area contributed by atoms with Crippen molar-refractivity contribution in [2.75, 3.05) is 7.05 Å². The molecule has 5 heteroatoms. The smallest absolute Gasteiger partial charge is 0.233 e. The molecule has 1 amide bonds. The Hall–Kier alpha value is -0.910. The van der Waals surface area contributed by atoms with Crippen molar-refractivity contribution >= 4 is 21.8 Å². The first-order chi connectivity index (χ1) is 8.52. The Labute approximate surface area is 117 Å². The molecule has 0 radical (unpaired) electrons. The summed E-state index contributed by atoms with van der Waals surface area (Å²) in [5, 5.41) is 0. The summed E-state index contributed by atoms with van der Waals surface area (Å²) in [6, 6.07) is 8.61. The number of carbonyl (C=O) groups is 1. The minimum atomic E-state index is -0.112. The Balaban J connectivity index is 2.41. The fourth-order valence-corrected chi connectivity index (χ4v) is 1.93. The lowest BCUT2D eigenvalue weighted by molar-refractivity contribution is -0.121. The third-order valence-electron chi connectivity index (χ3n) is 3.05. The molecule has 18 heavy (non-hydrogen) atoms. The van der Waals surface area contributed by atoms with Crippen LogP contribution in [0.15, 0.2) is 28.7 Å². The van der Waals surface area contributed by atoms with Gasteiger partial charge in [0, 0.05) is 23.5 Å². The topological polar surface area (TPSA) is 58.4 Å². The van der Waals surface area contributed by atoms with Crippen molar-refractivity contribution in [1.29, 1.82) is 0 Å². The van der Waals surface area contributed by atoms with E-state index >= 15 is 0 Å². The fourth-order valence-electron chi connectivity index (χ4n) is 1.67. The van der Waals surface area contributed by atoms with E-state index in [9.17, 15) is 4.79 Å². The molecule has 0 spiro atoms. The van der Waals surface area contributed by atoms with Crippen LogP contribution in [0.3, 0.4) is 0 Å². The number of carbonyl (C=O) groups excluding carboxylic acids is 1. The quantitative estimate of drug-likeness (QED) is 0.480. The molecule has 4 nitrogen and oxygen atoms in total. The fraction of sp³-hybridized carbons (Fsp3) is 0.462. The highest BCUT2D eigenvalue weighted by Crippen LogP contribution is 2.14. The number of halogens is 1. The summed E-state index contributed by atoms with van der Waals surface area (Å²) in [5.41, 5.74) is 3.41. The van der Waals surface area contributed by atoms with Crippen LogP contribution in [0.5, 0.6) is 0 Å². The van der Waals surface area contributed by atoms with Crippen LogP contribution in [0.25, 0.3) is 0 Å². The van der Waals surface area contributed by atoms with Gasteiger partial charge in [-0.05, 0) is 38.1 Å². The third kappa shape index (κ3) is 5.16. The second kappa shape index (κ2) is 7.51. The van der Waals surface area contributed by atoms with Gasteiger partial charge in [-0.15, -0.1) is 0 Å². The van der Waals surface area contributed by atoms with Crippen molar-refractivity contribution in [3.05, 3.63) is 34.3 Å². The molecule has 0 heterocycles. The number of nitrogens with two attached hydrogens (primary N) is 1. The van der Waals surface area contributed by atoms with Crippen LogP contribution in [0.2, 0.25) is 0 Å². The maximum absolute atomic E-state index is 11.1. The molecule has 0 aliphatic rings. The standard InChI is InChI=1S/C13H20BrN3O/c1-10(3-8-13(18)16-15)17(2)9-11-4-6-12(14)7-5-11/h4-7,10H,3,8-9,15H2,1-2H3,(H,16,18). The Morgan fingerprint density at radius 2 is 2.06 bits per heavy atom. The Morgan fingerprint density at radius 1 is 1.44 bits per heavy atom. The normalized spacial score (nSPS) is 12.5. The third-order valence-corrected chi connectivity index (χ3v) is 3.58. The molecule has 0 aliphatic heterocycles. The molecule has 0 bridgehead atoms. The number of amides is 1. The van der Waals surface area contributed by atoms with E-state index < -0.39 is 0 Å². The molecule has 0 aliphatic carbocycles.